The molecule has 8 nitrogen and oxygen atoms in total. The van der Waals surface area contributed by atoms with Gasteiger partial charge in [0.1, 0.15) is 24.2 Å². The van der Waals surface area contributed by atoms with E-state index >= 15 is 0 Å². The number of nitrogens with zero attached hydrogens (tertiary/aromatic N) is 2. The molecule has 0 bridgehead atoms. The van der Waals surface area contributed by atoms with Crippen LogP contribution < -0.4 is 14.4 Å². The van der Waals surface area contributed by atoms with Crippen LogP contribution in [-0.4, -0.2) is 57.1 Å². The van der Waals surface area contributed by atoms with Gasteiger partial charge in [0.2, 0.25) is 21.8 Å². The number of nitrogens with one attached hydrogen (secondary N) is 1. The van der Waals surface area contributed by atoms with Gasteiger partial charge in [-0.2, -0.15) is 0 Å². The first-order valence-corrected chi connectivity index (χ1v) is 14.8. The van der Waals surface area contributed by atoms with E-state index in [2.05, 4.69) is 5.32 Å². The highest BCUT2D eigenvalue weighted by Crippen LogP contribution is 2.25. The van der Waals surface area contributed by atoms with Crippen molar-refractivity contribution in [3.05, 3.63) is 94.8 Å². The van der Waals surface area contributed by atoms with Gasteiger partial charge < -0.3 is 15.0 Å². The maximum atomic E-state index is 14.0. The Morgan fingerprint density at radius 1 is 1.00 bits per heavy atom. The molecule has 0 aromatic heterocycles. The summed E-state index contributed by atoms with van der Waals surface area (Å²) in [5, 5.41) is 2.60. The van der Waals surface area contributed by atoms with E-state index in [-0.39, 0.29) is 35.6 Å². The summed E-state index contributed by atoms with van der Waals surface area (Å²) in [7, 11) is -2.48. The van der Waals surface area contributed by atoms with Gasteiger partial charge in [-0.1, -0.05) is 54.1 Å². The highest BCUT2D eigenvalue weighted by Gasteiger charge is 2.33. The lowest BCUT2D eigenvalue weighted by Crippen LogP contribution is -2.54. The highest BCUT2D eigenvalue weighted by molar-refractivity contribution is 7.92. The van der Waals surface area contributed by atoms with E-state index in [1.54, 1.807) is 24.3 Å². The van der Waals surface area contributed by atoms with Crippen molar-refractivity contribution >= 4 is 39.1 Å². The van der Waals surface area contributed by atoms with Crippen LogP contribution in [0.25, 0.3) is 0 Å². The smallest absolute Gasteiger partial charge is 0.244 e. The molecule has 214 valence electrons. The average Bonchev–Trinajstić information content (AvgIpc) is 2.90. The number of amides is 2. The first-order chi connectivity index (χ1) is 18.9. The molecule has 0 aliphatic rings. The zero-order chi connectivity index (χ0) is 29.4. The van der Waals surface area contributed by atoms with Gasteiger partial charge in [-0.25, -0.2) is 12.8 Å². The van der Waals surface area contributed by atoms with Crippen molar-refractivity contribution in [1.82, 2.24) is 10.2 Å². The molecular weight excluding hydrogens is 557 g/mol. The third-order valence-electron chi connectivity index (χ3n) is 6.06. The number of halogens is 2. The van der Waals surface area contributed by atoms with E-state index < -0.39 is 34.3 Å². The Hall–Kier alpha value is -3.63. The Labute approximate surface area is 239 Å². The summed E-state index contributed by atoms with van der Waals surface area (Å²) in [6, 6.07) is 18.5. The Morgan fingerprint density at radius 3 is 2.27 bits per heavy atom. The molecule has 0 aliphatic heterocycles. The molecule has 0 saturated carbocycles. The number of benzene rings is 3. The number of carbonyl (C=O) groups is 2. The van der Waals surface area contributed by atoms with Gasteiger partial charge in [0.15, 0.2) is 0 Å². The van der Waals surface area contributed by atoms with Crippen molar-refractivity contribution in [3.63, 3.8) is 0 Å². The predicted molar refractivity (Wildman–Crippen MR) is 154 cm³/mol. The Balaban J connectivity index is 2.08. The fourth-order valence-electron chi connectivity index (χ4n) is 4.16. The Morgan fingerprint density at radius 2 is 1.68 bits per heavy atom. The number of hydrogen-bond acceptors (Lipinski definition) is 5. The van der Waals surface area contributed by atoms with Crippen LogP contribution >= 0.6 is 11.6 Å². The summed E-state index contributed by atoms with van der Waals surface area (Å²) in [4.78, 5) is 28.9. The van der Waals surface area contributed by atoms with Crippen LogP contribution in [0.1, 0.15) is 25.0 Å². The molecule has 40 heavy (non-hydrogen) atoms. The van der Waals surface area contributed by atoms with Gasteiger partial charge in [-0.05, 0) is 55.3 Å². The van der Waals surface area contributed by atoms with Crippen molar-refractivity contribution in [2.24, 2.45) is 0 Å². The number of anilines is 1. The number of carbonyl (C=O) groups excluding carboxylic acids is 2. The van der Waals surface area contributed by atoms with E-state index in [9.17, 15) is 22.4 Å². The van der Waals surface area contributed by atoms with Crippen molar-refractivity contribution in [2.75, 3.05) is 24.2 Å². The van der Waals surface area contributed by atoms with Crippen LogP contribution in [0.5, 0.6) is 5.75 Å². The van der Waals surface area contributed by atoms with Crippen molar-refractivity contribution in [3.8, 4) is 5.75 Å². The normalized spacial score (nSPS) is 12.1. The first kappa shape index (κ1) is 30.9. The molecule has 0 unspecified atom stereocenters. The van der Waals surface area contributed by atoms with Gasteiger partial charge in [0, 0.05) is 19.0 Å². The molecule has 0 fully saturated rings. The molecule has 0 spiro atoms. The predicted octanol–water partition coefficient (Wildman–Crippen LogP) is 4.42. The van der Waals surface area contributed by atoms with Crippen molar-refractivity contribution < 1.29 is 27.1 Å². The quantitative estimate of drug-likeness (QED) is 0.337. The van der Waals surface area contributed by atoms with Crippen LogP contribution in [0.15, 0.2) is 72.8 Å². The minimum Gasteiger partial charge on any atom is -0.497 e. The summed E-state index contributed by atoms with van der Waals surface area (Å²) in [6.45, 7) is 3.00. The van der Waals surface area contributed by atoms with Crippen LogP contribution in [0, 0.1) is 5.82 Å². The van der Waals surface area contributed by atoms with Crippen LogP contribution in [-0.2, 0) is 32.6 Å². The van der Waals surface area contributed by atoms with Crippen molar-refractivity contribution in [2.45, 2.75) is 38.9 Å². The van der Waals surface area contributed by atoms with E-state index in [0.29, 0.717) is 11.3 Å². The lowest BCUT2D eigenvalue weighted by Gasteiger charge is -2.34. The van der Waals surface area contributed by atoms with Gasteiger partial charge >= 0.3 is 0 Å². The summed E-state index contributed by atoms with van der Waals surface area (Å²) in [6.07, 6.45) is 1.13. The van der Waals surface area contributed by atoms with Crippen LogP contribution in [0.3, 0.4) is 0 Å². The minimum atomic E-state index is -4.00. The highest BCUT2D eigenvalue weighted by atomic mass is 35.5. The number of ether oxygens (including phenoxy) is 1. The summed E-state index contributed by atoms with van der Waals surface area (Å²) in [5.41, 5.74) is 1.52. The Kier molecular flexibility index (Phi) is 10.5. The van der Waals surface area contributed by atoms with Gasteiger partial charge in [-0.3, -0.25) is 13.9 Å². The Bertz CT molecular complexity index is 1440. The van der Waals surface area contributed by atoms with E-state index in [1.807, 2.05) is 44.2 Å². The number of hydrogen-bond donors (Lipinski definition) is 1. The molecular formula is C29H33ClFN3O5S. The maximum Gasteiger partial charge on any atom is 0.244 e. The van der Waals surface area contributed by atoms with Crippen LogP contribution in [0.4, 0.5) is 10.1 Å². The fourth-order valence-corrected chi connectivity index (χ4v) is 5.17. The van der Waals surface area contributed by atoms with E-state index in [0.717, 1.165) is 28.3 Å². The standard InChI is InChI=1S/C29H33ClFN3O5S/c1-20(2)32-29(36)27(16-21-9-6-5-7-10-21)33(18-22-11-8-12-24(15-22)39-3)28(35)19-34(40(4,37)38)23-13-14-26(31)25(30)17-23/h5-15,17,20,27H,16,18-19H2,1-4H3,(H,32,36)/t27-/m1/s1. The number of rotatable bonds is 12. The topological polar surface area (TPSA) is 96.0 Å². The molecule has 0 radical (unpaired) electrons. The third-order valence-corrected chi connectivity index (χ3v) is 7.49. The molecule has 3 aromatic carbocycles. The summed E-state index contributed by atoms with van der Waals surface area (Å²) >= 11 is 5.92. The summed E-state index contributed by atoms with van der Waals surface area (Å²) in [5.74, 6) is -1.17. The van der Waals surface area contributed by atoms with Crippen molar-refractivity contribution in [1.29, 1.82) is 0 Å². The number of sulfonamides is 1. The average molecular weight is 590 g/mol. The molecule has 0 saturated heterocycles. The lowest BCUT2D eigenvalue weighted by molar-refractivity contribution is -0.140. The van der Waals surface area contributed by atoms with Gasteiger partial charge in [0.05, 0.1) is 24.1 Å². The van der Waals surface area contributed by atoms with Crippen LogP contribution in [0.2, 0.25) is 5.02 Å². The second kappa shape index (κ2) is 13.6. The molecule has 2 amide bonds. The summed E-state index contributed by atoms with van der Waals surface area (Å²) < 4.78 is 45.6. The molecule has 0 aliphatic carbocycles. The zero-order valence-corrected chi connectivity index (χ0v) is 24.4. The molecule has 1 N–H and O–H groups in total. The molecule has 1 atom stereocenters. The fraction of sp³-hybridized carbons (Fsp3) is 0.310. The van der Waals surface area contributed by atoms with Gasteiger partial charge in [0.25, 0.3) is 0 Å². The molecule has 0 heterocycles. The first-order valence-electron chi connectivity index (χ1n) is 12.6. The third kappa shape index (κ3) is 8.43. The van der Waals surface area contributed by atoms with E-state index in [4.69, 9.17) is 16.3 Å². The SMILES string of the molecule is COc1cccc(CN(C(=O)CN(c2ccc(F)c(Cl)c2)S(C)(=O)=O)[C@H](Cc2ccccc2)C(=O)NC(C)C)c1. The second-order valence-electron chi connectivity index (χ2n) is 9.61. The molecule has 11 heteroatoms. The molecule has 3 aromatic rings. The zero-order valence-electron chi connectivity index (χ0n) is 22.8. The molecule has 3 rings (SSSR count). The monoisotopic (exact) mass is 589 g/mol. The van der Waals surface area contributed by atoms with E-state index in [1.165, 1.54) is 18.1 Å². The largest absolute Gasteiger partial charge is 0.497 e. The maximum absolute atomic E-state index is 14.0. The minimum absolute atomic E-state index is 0.000818. The second-order valence-corrected chi connectivity index (χ2v) is 11.9. The number of methoxy groups -OCH3 is 1. The van der Waals surface area contributed by atoms with Gasteiger partial charge in [-0.15, -0.1) is 0 Å². The lowest BCUT2D eigenvalue weighted by atomic mass is 10.0.